The van der Waals surface area contributed by atoms with E-state index in [1.54, 1.807) is 0 Å². The quantitative estimate of drug-likeness (QED) is 0.717. The Morgan fingerprint density at radius 3 is 2.31 bits per heavy atom. The topological polar surface area (TPSA) is 15.3 Å². The Labute approximate surface area is 82.7 Å². The molecule has 1 aliphatic heterocycles. The second kappa shape index (κ2) is 4.97. The zero-order valence-corrected chi connectivity index (χ0v) is 9.40. The summed E-state index contributed by atoms with van der Waals surface area (Å²) in [7, 11) is 0. The molecule has 0 amide bonds. The Kier molecular flexibility index (Phi) is 4.20. The highest BCUT2D eigenvalue weighted by molar-refractivity contribution is 4.82. The van der Waals surface area contributed by atoms with Crippen LogP contribution in [-0.2, 0) is 0 Å². The smallest absolute Gasteiger partial charge is 0.0252 e. The molecule has 0 aromatic carbocycles. The van der Waals surface area contributed by atoms with Crippen LogP contribution in [-0.4, -0.2) is 36.6 Å². The lowest BCUT2D eigenvalue weighted by Crippen LogP contribution is -2.50. The highest BCUT2D eigenvalue weighted by Crippen LogP contribution is 2.12. The first-order valence-electron chi connectivity index (χ1n) is 5.61. The minimum absolute atomic E-state index is 0.284. The Bertz CT molecular complexity index is 137. The maximum Gasteiger partial charge on any atom is 0.0252 e. The maximum atomic E-state index is 3.53. The molecule has 0 spiro atoms. The highest BCUT2D eigenvalue weighted by atomic mass is 15.2. The van der Waals surface area contributed by atoms with E-state index in [2.05, 4.69) is 31.0 Å². The lowest BCUT2D eigenvalue weighted by molar-refractivity contribution is 0.174. The van der Waals surface area contributed by atoms with Gasteiger partial charge in [-0.3, -0.25) is 0 Å². The summed E-state index contributed by atoms with van der Waals surface area (Å²) in [4.78, 5) is 2.59. The van der Waals surface area contributed by atoms with Gasteiger partial charge in [0.1, 0.15) is 0 Å². The van der Waals surface area contributed by atoms with Crippen LogP contribution in [0.4, 0.5) is 0 Å². The van der Waals surface area contributed by atoms with Crippen molar-refractivity contribution in [2.75, 3.05) is 26.2 Å². The molecule has 0 aromatic heterocycles. The fourth-order valence-corrected chi connectivity index (χ4v) is 2.21. The zero-order valence-electron chi connectivity index (χ0n) is 9.40. The SMILES string of the molecule is CCNC(C)(C)CN1CCCCC1. The third-order valence-electron chi connectivity index (χ3n) is 2.72. The Morgan fingerprint density at radius 2 is 1.77 bits per heavy atom. The molecule has 1 aliphatic rings. The van der Waals surface area contributed by atoms with E-state index in [0.717, 1.165) is 6.54 Å². The van der Waals surface area contributed by atoms with E-state index in [4.69, 9.17) is 0 Å². The molecule has 0 radical (unpaired) electrons. The van der Waals surface area contributed by atoms with Crippen LogP contribution in [0.25, 0.3) is 0 Å². The van der Waals surface area contributed by atoms with Crippen LogP contribution in [0, 0.1) is 0 Å². The summed E-state index contributed by atoms with van der Waals surface area (Å²) in [5.41, 5.74) is 0.284. The summed E-state index contributed by atoms with van der Waals surface area (Å²) in [5.74, 6) is 0. The van der Waals surface area contributed by atoms with E-state index in [9.17, 15) is 0 Å². The number of nitrogens with zero attached hydrogens (tertiary/aromatic N) is 1. The van der Waals surface area contributed by atoms with E-state index in [0.29, 0.717) is 0 Å². The van der Waals surface area contributed by atoms with E-state index in [1.807, 2.05) is 0 Å². The standard InChI is InChI=1S/C11H24N2/c1-4-12-11(2,3)10-13-8-6-5-7-9-13/h12H,4-10H2,1-3H3. The summed E-state index contributed by atoms with van der Waals surface area (Å²) in [6.07, 6.45) is 4.21. The highest BCUT2D eigenvalue weighted by Gasteiger charge is 2.21. The van der Waals surface area contributed by atoms with Gasteiger partial charge in [0.05, 0.1) is 0 Å². The minimum atomic E-state index is 0.284. The van der Waals surface area contributed by atoms with Crippen molar-refractivity contribution < 1.29 is 0 Å². The van der Waals surface area contributed by atoms with Crippen molar-refractivity contribution >= 4 is 0 Å². The minimum Gasteiger partial charge on any atom is -0.311 e. The number of hydrogen-bond donors (Lipinski definition) is 1. The lowest BCUT2D eigenvalue weighted by atomic mass is 10.0. The molecule has 0 aliphatic carbocycles. The summed E-state index contributed by atoms with van der Waals surface area (Å²) < 4.78 is 0. The molecule has 0 saturated carbocycles. The molecule has 0 aromatic rings. The molecule has 0 atom stereocenters. The van der Waals surface area contributed by atoms with Crippen molar-refractivity contribution in [1.82, 2.24) is 10.2 Å². The van der Waals surface area contributed by atoms with Gasteiger partial charge in [-0.2, -0.15) is 0 Å². The zero-order chi connectivity index (χ0) is 9.73. The molecule has 1 saturated heterocycles. The number of likely N-dealkylation sites (tertiary alicyclic amines) is 1. The maximum absolute atomic E-state index is 3.53. The molecule has 2 nitrogen and oxygen atoms in total. The summed E-state index contributed by atoms with van der Waals surface area (Å²) in [5, 5.41) is 3.53. The molecule has 1 fully saturated rings. The van der Waals surface area contributed by atoms with Gasteiger partial charge in [-0.05, 0) is 46.3 Å². The van der Waals surface area contributed by atoms with Crippen molar-refractivity contribution in [3.8, 4) is 0 Å². The van der Waals surface area contributed by atoms with Gasteiger partial charge in [0.15, 0.2) is 0 Å². The van der Waals surface area contributed by atoms with Crippen LogP contribution in [0.15, 0.2) is 0 Å². The summed E-state index contributed by atoms with van der Waals surface area (Å²) in [6.45, 7) is 11.6. The van der Waals surface area contributed by atoms with Crippen LogP contribution < -0.4 is 5.32 Å². The second-order valence-corrected chi connectivity index (χ2v) is 4.75. The lowest BCUT2D eigenvalue weighted by Gasteiger charge is -2.35. The van der Waals surface area contributed by atoms with Crippen LogP contribution in [0.1, 0.15) is 40.0 Å². The van der Waals surface area contributed by atoms with Crippen molar-refractivity contribution in [1.29, 1.82) is 0 Å². The monoisotopic (exact) mass is 184 g/mol. The molecule has 0 unspecified atom stereocenters. The number of hydrogen-bond acceptors (Lipinski definition) is 2. The van der Waals surface area contributed by atoms with Crippen LogP contribution in [0.3, 0.4) is 0 Å². The van der Waals surface area contributed by atoms with Crippen molar-refractivity contribution in [3.05, 3.63) is 0 Å². The van der Waals surface area contributed by atoms with Gasteiger partial charge in [-0.15, -0.1) is 0 Å². The Hall–Kier alpha value is -0.0800. The molecule has 1 heterocycles. The van der Waals surface area contributed by atoms with Crippen molar-refractivity contribution in [3.63, 3.8) is 0 Å². The van der Waals surface area contributed by atoms with Gasteiger partial charge in [0.25, 0.3) is 0 Å². The third-order valence-corrected chi connectivity index (χ3v) is 2.72. The van der Waals surface area contributed by atoms with Crippen molar-refractivity contribution in [2.24, 2.45) is 0 Å². The number of likely N-dealkylation sites (N-methyl/N-ethyl adjacent to an activating group) is 1. The van der Waals surface area contributed by atoms with E-state index >= 15 is 0 Å². The van der Waals surface area contributed by atoms with Crippen LogP contribution >= 0.6 is 0 Å². The van der Waals surface area contributed by atoms with Gasteiger partial charge in [0.2, 0.25) is 0 Å². The van der Waals surface area contributed by atoms with Crippen LogP contribution in [0.5, 0.6) is 0 Å². The molecule has 1 N–H and O–H groups in total. The predicted molar refractivity (Wildman–Crippen MR) is 58.0 cm³/mol. The van der Waals surface area contributed by atoms with Crippen molar-refractivity contribution in [2.45, 2.75) is 45.6 Å². The largest absolute Gasteiger partial charge is 0.311 e. The molecular formula is C11H24N2. The first-order valence-corrected chi connectivity index (χ1v) is 5.61. The molecule has 2 heteroatoms. The van der Waals surface area contributed by atoms with E-state index in [-0.39, 0.29) is 5.54 Å². The number of piperidine rings is 1. The van der Waals surface area contributed by atoms with Gasteiger partial charge < -0.3 is 10.2 Å². The first kappa shape index (κ1) is 11.0. The molecule has 0 bridgehead atoms. The summed E-state index contributed by atoms with van der Waals surface area (Å²) in [6, 6.07) is 0. The van der Waals surface area contributed by atoms with E-state index < -0.39 is 0 Å². The van der Waals surface area contributed by atoms with Gasteiger partial charge in [-0.25, -0.2) is 0 Å². The predicted octanol–water partition coefficient (Wildman–Crippen LogP) is 1.86. The fourth-order valence-electron chi connectivity index (χ4n) is 2.21. The van der Waals surface area contributed by atoms with Crippen LogP contribution in [0.2, 0.25) is 0 Å². The fraction of sp³-hybridized carbons (Fsp3) is 1.00. The normalized spacial score (nSPS) is 20.5. The Morgan fingerprint density at radius 1 is 1.15 bits per heavy atom. The summed E-state index contributed by atoms with van der Waals surface area (Å²) >= 11 is 0. The van der Waals surface area contributed by atoms with Gasteiger partial charge in [-0.1, -0.05) is 13.3 Å². The second-order valence-electron chi connectivity index (χ2n) is 4.75. The first-order chi connectivity index (χ1) is 6.14. The number of rotatable bonds is 4. The molecule has 1 rings (SSSR count). The average Bonchev–Trinajstić information content (AvgIpc) is 2.04. The molecular weight excluding hydrogens is 160 g/mol. The average molecular weight is 184 g/mol. The molecule has 78 valence electrons. The van der Waals surface area contributed by atoms with Gasteiger partial charge >= 0.3 is 0 Å². The third kappa shape index (κ3) is 4.10. The Balaban J connectivity index is 2.28. The van der Waals surface area contributed by atoms with E-state index in [1.165, 1.54) is 38.9 Å². The molecule has 13 heavy (non-hydrogen) atoms. The van der Waals surface area contributed by atoms with Gasteiger partial charge in [0, 0.05) is 12.1 Å². The number of nitrogens with one attached hydrogen (secondary N) is 1.